The van der Waals surface area contributed by atoms with Gasteiger partial charge in [-0.05, 0) is 30.9 Å². The molecule has 1 aromatic heterocycles. The van der Waals surface area contributed by atoms with Crippen molar-refractivity contribution in [2.75, 3.05) is 39.3 Å². The molecule has 3 rings (SSSR count). The number of hydrogen-bond acceptors (Lipinski definition) is 3. The molecule has 3 amide bonds. The minimum absolute atomic E-state index is 0.00714. The SMILES string of the molecule is CC(=O)N1CCC(C(=O)N2CCCN(C(=O)Cc3cc[nH]c3)CC2)CC1. The minimum Gasteiger partial charge on any atom is -0.367 e. The number of aromatic amines is 1. The van der Waals surface area contributed by atoms with Crippen LogP contribution in [0.1, 0.15) is 31.7 Å². The summed E-state index contributed by atoms with van der Waals surface area (Å²) in [5.74, 6) is 0.400. The average Bonchev–Trinajstić information content (AvgIpc) is 3.02. The number of H-pyrrole nitrogens is 1. The van der Waals surface area contributed by atoms with E-state index in [4.69, 9.17) is 0 Å². The fourth-order valence-electron chi connectivity index (χ4n) is 3.84. The Morgan fingerprint density at radius 3 is 2.35 bits per heavy atom. The summed E-state index contributed by atoms with van der Waals surface area (Å²) in [6.07, 6.45) is 6.37. The molecular formula is C19H28N4O3. The molecule has 0 aliphatic carbocycles. The number of aromatic nitrogens is 1. The molecule has 2 fully saturated rings. The highest BCUT2D eigenvalue weighted by atomic mass is 16.2. The van der Waals surface area contributed by atoms with Gasteiger partial charge in [0.05, 0.1) is 6.42 Å². The van der Waals surface area contributed by atoms with Crippen molar-refractivity contribution in [3.8, 4) is 0 Å². The number of hydrogen-bond donors (Lipinski definition) is 1. The fraction of sp³-hybridized carbons (Fsp3) is 0.632. The highest BCUT2D eigenvalue weighted by molar-refractivity contribution is 5.81. The number of likely N-dealkylation sites (tertiary alicyclic amines) is 1. The number of piperidine rings is 1. The van der Waals surface area contributed by atoms with Crippen LogP contribution >= 0.6 is 0 Å². The maximum atomic E-state index is 12.8. The monoisotopic (exact) mass is 360 g/mol. The van der Waals surface area contributed by atoms with E-state index in [0.29, 0.717) is 45.7 Å². The van der Waals surface area contributed by atoms with E-state index in [2.05, 4.69) is 4.98 Å². The second kappa shape index (κ2) is 8.38. The molecule has 0 radical (unpaired) electrons. The van der Waals surface area contributed by atoms with Gasteiger partial charge in [-0.15, -0.1) is 0 Å². The Bertz CT molecular complexity index is 635. The largest absolute Gasteiger partial charge is 0.367 e. The lowest BCUT2D eigenvalue weighted by molar-refractivity contribution is -0.140. The molecule has 7 nitrogen and oxygen atoms in total. The number of nitrogens with zero attached hydrogens (tertiary/aromatic N) is 3. The van der Waals surface area contributed by atoms with Crippen molar-refractivity contribution in [1.29, 1.82) is 0 Å². The predicted octanol–water partition coefficient (Wildman–Crippen LogP) is 0.877. The van der Waals surface area contributed by atoms with Crippen LogP contribution in [-0.2, 0) is 20.8 Å². The molecule has 0 atom stereocenters. The van der Waals surface area contributed by atoms with E-state index in [1.165, 1.54) is 0 Å². The van der Waals surface area contributed by atoms with E-state index in [-0.39, 0.29) is 23.6 Å². The van der Waals surface area contributed by atoms with E-state index in [0.717, 1.165) is 24.8 Å². The van der Waals surface area contributed by atoms with Gasteiger partial charge >= 0.3 is 0 Å². The maximum absolute atomic E-state index is 12.8. The van der Waals surface area contributed by atoms with Gasteiger partial charge in [0.2, 0.25) is 17.7 Å². The molecule has 26 heavy (non-hydrogen) atoms. The Hall–Kier alpha value is -2.31. The molecule has 0 saturated carbocycles. The molecule has 1 N–H and O–H groups in total. The first kappa shape index (κ1) is 18.5. The Morgan fingerprint density at radius 2 is 1.69 bits per heavy atom. The number of rotatable bonds is 3. The van der Waals surface area contributed by atoms with Gasteiger partial charge < -0.3 is 19.7 Å². The van der Waals surface area contributed by atoms with Crippen LogP contribution in [0.2, 0.25) is 0 Å². The van der Waals surface area contributed by atoms with Crippen LogP contribution in [0.4, 0.5) is 0 Å². The predicted molar refractivity (Wildman–Crippen MR) is 97.3 cm³/mol. The van der Waals surface area contributed by atoms with Gasteiger partial charge in [0.1, 0.15) is 0 Å². The zero-order chi connectivity index (χ0) is 18.5. The first-order valence-electron chi connectivity index (χ1n) is 9.48. The van der Waals surface area contributed by atoms with Crippen molar-refractivity contribution >= 4 is 17.7 Å². The first-order chi connectivity index (χ1) is 12.5. The molecule has 0 aromatic carbocycles. The maximum Gasteiger partial charge on any atom is 0.227 e. The van der Waals surface area contributed by atoms with Crippen molar-refractivity contribution in [3.05, 3.63) is 24.0 Å². The lowest BCUT2D eigenvalue weighted by atomic mass is 9.95. The van der Waals surface area contributed by atoms with Crippen LogP contribution in [0.15, 0.2) is 18.5 Å². The van der Waals surface area contributed by atoms with E-state index in [9.17, 15) is 14.4 Å². The summed E-state index contributed by atoms with van der Waals surface area (Å²) in [6, 6.07) is 1.92. The third-order valence-electron chi connectivity index (χ3n) is 5.47. The lowest BCUT2D eigenvalue weighted by Crippen LogP contribution is -2.45. The lowest BCUT2D eigenvalue weighted by Gasteiger charge is -2.33. The summed E-state index contributed by atoms with van der Waals surface area (Å²) in [5, 5.41) is 0. The zero-order valence-electron chi connectivity index (χ0n) is 15.4. The van der Waals surface area contributed by atoms with Crippen LogP contribution in [0.25, 0.3) is 0 Å². The Balaban J connectivity index is 1.49. The van der Waals surface area contributed by atoms with E-state index < -0.39 is 0 Å². The second-order valence-electron chi connectivity index (χ2n) is 7.24. The highest BCUT2D eigenvalue weighted by Crippen LogP contribution is 2.21. The van der Waals surface area contributed by atoms with Gasteiger partial charge in [-0.1, -0.05) is 0 Å². The van der Waals surface area contributed by atoms with Gasteiger partial charge in [0.15, 0.2) is 0 Å². The van der Waals surface area contributed by atoms with Crippen LogP contribution in [0, 0.1) is 5.92 Å². The summed E-state index contributed by atoms with van der Waals surface area (Å²) >= 11 is 0. The van der Waals surface area contributed by atoms with Crippen molar-refractivity contribution in [2.45, 2.75) is 32.6 Å². The molecular weight excluding hydrogens is 332 g/mol. The Labute approximate surface area is 154 Å². The molecule has 2 aliphatic rings. The number of amides is 3. The molecule has 142 valence electrons. The third-order valence-corrected chi connectivity index (χ3v) is 5.47. The Kier molecular flexibility index (Phi) is 5.96. The minimum atomic E-state index is 0.00714. The Morgan fingerprint density at radius 1 is 1.00 bits per heavy atom. The third kappa shape index (κ3) is 4.45. The topological polar surface area (TPSA) is 76.7 Å². The van der Waals surface area contributed by atoms with E-state index in [1.807, 2.05) is 33.2 Å². The van der Waals surface area contributed by atoms with Crippen LogP contribution in [-0.4, -0.2) is 76.7 Å². The highest BCUT2D eigenvalue weighted by Gasteiger charge is 2.30. The van der Waals surface area contributed by atoms with Gasteiger partial charge in [0.25, 0.3) is 0 Å². The van der Waals surface area contributed by atoms with Crippen molar-refractivity contribution < 1.29 is 14.4 Å². The molecule has 2 saturated heterocycles. The van der Waals surface area contributed by atoms with Gasteiger partial charge in [0, 0.05) is 64.5 Å². The average molecular weight is 360 g/mol. The summed E-state index contributed by atoms with van der Waals surface area (Å²) in [7, 11) is 0. The van der Waals surface area contributed by atoms with Crippen molar-refractivity contribution in [3.63, 3.8) is 0 Å². The standard InChI is InChI=1S/C19H28N4O3/c1-15(24)21-9-4-17(5-10-21)19(26)23-8-2-7-22(11-12-23)18(25)13-16-3-6-20-14-16/h3,6,14,17,20H,2,4-5,7-13H2,1H3. The quantitative estimate of drug-likeness (QED) is 0.869. The summed E-state index contributed by atoms with van der Waals surface area (Å²) in [6.45, 7) is 5.53. The molecule has 0 bridgehead atoms. The summed E-state index contributed by atoms with van der Waals surface area (Å²) in [5.41, 5.74) is 0.990. The zero-order valence-corrected chi connectivity index (χ0v) is 15.4. The summed E-state index contributed by atoms with van der Waals surface area (Å²) < 4.78 is 0. The van der Waals surface area contributed by atoms with Crippen LogP contribution < -0.4 is 0 Å². The molecule has 2 aliphatic heterocycles. The second-order valence-corrected chi connectivity index (χ2v) is 7.24. The fourth-order valence-corrected chi connectivity index (χ4v) is 3.84. The van der Waals surface area contributed by atoms with E-state index in [1.54, 1.807) is 6.92 Å². The molecule has 0 spiro atoms. The van der Waals surface area contributed by atoms with Gasteiger partial charge in [-0.3, -0.25) is 14.4 Å². The van der Waals surface area contributed by atoms with Crippen LogP contribution in [0.3, 0.4) is 0 Å². The molecule has 7 heteroatoms. The van der Waals surface area contributed by atoms with Crippen molar-refractivity contribution in [2.24, 2.45) is 5.92 Å². The van der Waals surface area contributed by atoms with Gasteiger partial charge in [-0.2, -0.15) is 0 Å². The van der Waals surface area contributed by atoms with Crippen LogP contribution in [0.5, 0.6) is 0 Å². The number of nitrogens with one attached hydrogen (secondary N) is 1. The van der Waals surface area contributed by atoms with E-state index >= 15 is 0 Å². The van der Waals surface area contributed by atoms with Crippen molar-refractivity contribution in [1.82, 2.24) is 19.7 Å². The molecule has 3 heterocycles. The number of carbonyl (C=O) groups excluding carboxylic acids is 3. The molecule has 1 aromatic rings. The number of carbonyl (C=O) groups is 3. The van der Waals surface area contributed by atoms with Gasteiger partial charge in [-0.25, -0.2) is 0 Å². The smallest absolute Gasteiger partial charge is 0.227 e. The molecule has 0 unspecified atom stereocenters. The first-order valence-corrected chi connectivity index (χ1v) is 9.48. The normalized spacial score (nSPS) is 19.3. The summed E-state index contributed by atoms with van der Waals surface area (Å²) in [4.78, 5) is 45.3.